The summed E-state index contributed by atoms with van der Waals surface area (Å²) in [6.07, 6.45) is 3.31. The fourth-order valence-corrected chi connectivity index (χ4v) is 4.08. The highest BCUT2D eigenvalue weighted by atomic mass is 16.7. The Morgan fingerprint density at radius 1 is 1.06 bits per heavy atom. The van der Waals surface area contributed by atoms with E-state index < -0.39 is 0 Å². The van der Waals surface area contributed by atoms with Crippen LogP contribution in [0.5, 0.6) is 11.5 Å². The van der Waals surface area contributed by atoms with Crippen LogP contribution in [0.25, 0.3) is 0 Å². The van der Waals surface area contributed by atoms with Gasteiger partial charge in [-0.25, -0.2) is 4.98 Å². The second kappa shape index (κ2) is 9.36. The minimum atomic E-state index is -0.0101. The average Bonchev–Trinajstić information content (AvgIpc) is 3.32. The van der Waals surface area contributed by atoms with Crippen LogP contribution in [0.4, 0.5) is 17.5 Å². The SMILES string of the molecule is Cc1ccc(Nc2ccnc(N3CCC(C(=O)NCc4ccc5c(c4)OCO5)CC3)n2)cc1. The van der Waals surface area contributed by atoms with Crippen molar-refractivity contribution in [1.29, 1.82) is 0 Å². The number of benzene rings is 2. The van der Waals surface area contributed by atoms with E-state index >= 15 is 0 Å². The first-order valence-electron chi connectivity index (χ1n) is 11.2. The van der Waals surface area contributed by atoms with E-state index in [1.54, 1.807) is 6.20 Å². The summed E-state index contributed by atoms with van der Waals surface area (Å²) >= 11 is 0. The molecule has 2 aromatic carbocycles. The van der Waals surface area contributed by atoms with Crippen LogP contribution in [0.15, 0.2) is 54.7 Å². The number of fused-ring (bicyclic) bond motifs is 1. The number of nitrogens with one attached hydrogen (secondary N) is 2. The summed E-state index contributed by atoms with van der Waals surface area (Å²) in [4.78, 5) is 24.0. The normalized spacial score (nSPS) is 15.4. The lowest BCUT2D eigenvalue weighted by atomic mass is 9.96. The summed E-state index contributed by atoms with van der Waals surface area (Å²) in [6, 6.07) is 15.8. The Hall–Kier alpha value is -3.81. The maximum absolute atomic E-state index is 12.7. The Morgan fingerprint density at radius 2 is 1.85 bits per heavy atom. The molecule has 2 aliphatic heterocycles. The molecule has 3 aromatic rings. The van der Waals surface area contributed by atoms with Crippen molar-refractivity contribution in [2.24, 2.45) is 5.92 Å². The number of amides is 1. The third-order valence-corrected chi connectivity index (χ3v) is 6.02. The summed E-state index contributed by atoms with van der Waals surface area (Å²) in [7, 11) is 0. The molecule has 0 radical (unpaired) electrons. The van der Waals surface area contributed by atoms with Crippen LogP contribution in [0, 0.1) is 12.8 Å². The van der Waals surface area contributed by atoms with Gasteiger partial charge in [0.05, 0.1) is 0 Å². The molecule has 1 saturated heterocycles. The van der Waals surface area contributed by atoms with Crippen molar-refractivity contribution in [3.8, 4) is 11.5 Å². The number of nitrogens with zero attached hydrogens (tertiary/aromatic N) is 3. The minimum absolute atomic E-state index is 0.0101. The molecule has 0 bridgehead atoms. The van der Waals surface area contributed by atoms with E-state index in [4.69, 9.17) is 9.47 Å². The van der Waals surface area contributed by atoms with Crippen molar-refractivity contribution in [3.05, 3.63) is 65.9 Å². The zero-order chi connectivity index (χ0) is 22.6. The van der Waals surface area contributed by atoms with E-state index in [2.05, 4.69) is 44.6 Å². The van der Waals surface area contributed by atoms with Crippen LogP contribution in [0.3, 0.4) is 0 Å². The first kappa shape index (κ1) is 21.1. The molecule has 8 nitrogen and oxygen atoms in total. The monoisotopic (exact) mass is 445 g/mol. The summed E-state index contributed by atoms with van der Waals surface area (Å²) < 4.78 is 10.7. The van der Waals surface area contributed by atoms with Crippen LogP contribution in [0.1, 0.15) is 24.0 Å². The van der Waals surface area contributed by atoms with E-state index in [0.717, 1.165) is 54.5 Å². The van der Waals surface area contributed by atoms with Crippen molar-refractivity contribution < 1.29 is 14.3 Å². The van der Waals surface area contributed by atoms with Gasteiger partial charge in [-0.2, -0.15) is 4.98 Å². The smallest absolute Gasteiger partial charge is 0.231 e. The summed E-state index contributed by atoms with van der Waals surface area (Å²) in [5.41, 5.74) is 3.20. The molecule has 0 spiro atoms. The predicted octanol–water partition coefficient (Wildman–Crippen LogP) is 3.79. The standard InChI is InChI=1S/C25H27N5O3/c1-17-2-5-20(6-3-17)28-23-8-11-26-25(29-23)30-12-9-19(10-13-30)24(31)27-15-18-4-7-21-22(14-18)33-16-32-21/h2-8,11,14,19H,9-10,12-13,15-16H2,1H3,(H,27,31)(H,26,28,29). The molecule has 1 aromatic heterocycles. The highest BCUT2D eigenvalue weighted by molar-refractivity contribution is 5.79. The third kappa shape index (κ3) is 5.00. The minimum Gasteiger partial charge on any atom is -0.454 e. The van der Waals surface area contributed by atoms with Gasteiger partial charge in [-0.05, 0) is 55.7 Å². The molecule has 0 atom stereocenters. The fourth-order valence-electron chi connectivity index (χ4n) is 4.08. The van der Waals surface area contributed by atoms with Crippen LogP contribution < -0.4 is 25.0 Å². The second-order valence-corrected chi connectivity index (χ2v) is 8.40. The zero-order valence-electron chi connectivity index (χ0n) is 18.6. The zero-order valence-corrected chi connectivity index (χ0v) is 18.6. The number of aryl methyl sites for hydroxylation is 1. The van der Waals surface area contributed by atoms with Gasteiger partial charge in [-0.1, -0.05) is 23.8 Å². The molecule has 170 valence electrons. The van der Waals surface area contributed by atoms with Crippen molar-refractivity contribution in [3.63, 3.8) is 0 Å². The predicted molar refractivity (Wildman–Crippen MR) is 126 cm³/mol. The van der Waals surface area contributed by atoms with Gasteiger partial charge in [-0.3, -0.25) is 4.79 Å². The number of hydrogen-bond acceptors (Lipinski definition) is 7. The van der Waals surface area contributed by atoms with Crippen LogP contribution in [-0.2, 0) is 11.3 Å². The molecular formula is C25H27N5O3. The highest BCUT2D eigenvalue weighted by Crippen LogP contribution is 2.32. The molecule has 0 unspecified atom stereocenters. The van der Waals surface area contributed by atoms with E-state index in [9.17, 15) is 4.79 Å². The third-order valence-electron chi connectivity index (χ3n) is 6.02. The Bertz CT molecular complexity index is 1130. The largest absolute Gasteiger partial charge is 0.454 e. The molecule has 3 heterocycles. The van der Waals surface area contributed by atoms with Gasteiger partial charge in [-0.15, -0.1) is 0 Å². The highest BCUT2D eigenvalue weighted by Gasteiger charge is 2.26. The van der Waals surface area contributed by atoms with E-state index in [1.165, 1.54) is 5.56 Å². The Kier molecular flexibility index (Phi) is 5.97. The molecule has 1 fully saturated rings. The first-order valence-corrected chi connectivity index (χ1v) is 11.2. The number of carbonyl (C=O) groups is 1. The number of carbonyl (C=O) groups excluding carboxylic acids is 1. The molecule has 0 saturated carbocycles. The lowest BCUT2D eigenvalue weighted by Gasteiger charge is -2.31. The topological polar surface area (TPSA) is 88.6 Å². The lowest BCUT2D eigenvalue weighted by molar-refractivity contribution is -0.125. The number of rotatable bonds is 6. The maximum Gasteiger partial charge on any atom is 0.231 e. The molecule has 5 rings (SSSR count). The Morgan fingerprint density at radius 3 is 2.67 bits per heavy atom. The van der Waals surface area contributed by atoms with Gasteiger partial charge in [0.2, 0.25) is 18.6 Å². The second-order valence-electron chi connectivity index (χ2n) is 8.40. The Labute approximate surface area is 193 Å². The van der Waals surface area contributed by atoms with Crippen LogP contribution in [0.2, 0.25) is 0 Å². The molecule has 0 aliphatic carbocycles. The van der Waals surface area contributed by atoms with E-state index in [0.29, 0.717) is 12.5 Å². The van der Waals surface area contributed by atoms with Gasteiger partial charge in [0.1, 0.15) is 5.82 Å². The van der Waals surface area contributed by atoms with Gasteiger partial charge in [0.25, 0.3) is 0 Å². The van der Waals surface area contributed by atoms with Crippen LogP contribution in [-0.4, -0.2) is 35.8 Å². The lowest BCUT2D eigenvalue weighted by Crippen LogP contribution is -2.41. The summed E-state index contributed by atoms with van der Waals surface area (Å²) in [5.74, 6) is 3.00. The summed E-state index contributed by atoms with van der Waals surface area (Å²) in [5, 5.41) is 6.39. The van der Waals surface area contributed by atoms with Crippen molar-refractivity contribution in [2.45, 2.75) is 26.3 Å². The molecule has 2 aliphatic rings. The molecule has 8 heteroatoms. The molecule has 2 N–H and O–H groups in total. The number of anilines is 3. The number of ether oxygens (including phenoxy) is 2. The average molecular weight is 446 g/mol. The van der Waals surface area contributed by atoms with Gasteiger partial charge >= 0.3 is 0 Å². The quantitative estimate of drug-likeness (QED) is 0.597. The van der Waals surface area contributed by atoms with Crippen molar-refractivity contribution >= 4 is 23.4 Å². The van der Waals surface area contributed by atoms with Gasteiger partial charge in [0.15, 0.2) is 11.5 Å². The summed E-state index contributed by atoms with van der Waals surface area (Å²) in [6.45, 7) is 4.28. The van der Waals surface area contributed by atoms with E-state index in [1.807, 2.05) is 36.4 Å². The van der Waals surface area contributed by atoms with Gasteiger partial charge < -0.3 is 25.0 Å². The Balaban J connectivity index is 1.13. The van der Waals surface area contributed by atoms with Gasteiger partial charge in [0, 0.05) is 37.4 Å². The fraction of sp³-hybridized carbons (Fsp3) is 0.320. The van der Waals surface area contributed by atoms with E-state index in [-0.39, 0.29) is 18.6 Å². The first-order chi connectivity index (χ1) is 16.1. The molecule has 1 amide bonds. The van der Waals surface area contributed by atoms with Crippen molar-refractivity contribution in [1.82, 2.24) is 15.3 Å². The maximum atomic E-state index is 12.7. The number of hydrogen-bond donors (Lipinski definition) is 2. The number of aromatic nitrogens is 2. The van der Waals surface area contributed by atoms with Crippen molar-refractivity contribution in [2.75, 3.05) is 30.1 Å². The van der Waals surface area contributed by atoms with Crippen LogP contribution >= 0.6 is 0 Å². The molecular weight excluding hydrogens is 418 g/mol. The number of piperidine rings is 1. The molecule has 33 heavy (non-hydrogen) atoms.